The number of aromatic nitrogens is 2. The molecule has 0 spiro atoms. The van der Waals surface area contributed by atoms with Crippen LogP contribution < -0.4 is 14.4 Å². The van der Waals surface area contributed by atoms with Gasteiger partial charge in [0, 0.05) is 45.3 Å². The Kier molecular flexibility index (Phi) is 5.92. The highest BCUT2D eigenvalue weighted by molar-refractivity contribution is 5.98. The predicted molar refractivity (Wildman–Crippen MR) is 134 cm³/mol. The standard InChI is InChI=1S/C28H28N4O3/c33-25-15-21(7-6-20-4-2-1-3-5-20)14-24-23(25)17-29-28(30-24)32-12-10-31(11-13-32)18-22-8-9-26-27(16-22)35-19-34-26/h1-9,16-17,21H,10-15,18-19H2. The van der Waals surface area contributed by atoms with Crippen LogP contribution in [0.1, 0.15) is 33.6 Å². The van der Waals surface area contributed by atoms with Crippen molar-refractivity contribution in [3.05, 3.63) is 83.2 Å². The number of anilines is 1. The first-order valence-corrected chi connectivity index (χ1v) is 12.2. The highest BCUT2D eigenvalue weighted by atomic mass is 16.7. The summed E-state index contributed by atoms with van der Waals surface area (Å²) >= 11 is 0. The average molecular weight is 469 g/mol. The summed E-state index contributed by atoms with van der Waals surface area (Å²) in [5.74, 6) is 2.67. The van der Waals surface area contributed by atoms with Gasteiger partial charge in [0.25, 0.3) is 0 Å². The van der Waals surface area contributed by atoms with Gasteiger partial charge in [0.05, 0.1) is 11.3 Å². The lowest BCUT2D eigenvalue weighted by atomic mass is 9.86. The van der Waals surface area contributed by atoms with Crippen molar-refractivity contribution in [2.45, 2.75) is 19.4 Å². The minimum atomic E-state index is 0.133. The number of ketones is 1. The summed E-state index contributed by atoms with van der Waals surface area (Å²) in [5.41, 5.74) is 3.92. The van der Waals surface area contributed by atoms with Gasteiger partial charge < -0.3 is 14.4 Å². The Morgan fingerprint density at radius 1 is 0.971 bits per heavy atom. The lowest BCUT2D eigenvalue weighted by Crippen LogP contribution is -2.46. The molecule has 0 N–H and O–H groups in total. The van der Waals surface area contributed by atoms with E-state index < -0.39 is 0 Å². The fraction of sp³-hybridized carbons (Fsp3) is 0.321. The highest BCUT2D eigenvalue weighted by Gasteiger charge is 2.27. The molecule has 1 unspecified atom stereocenters. The first-order chi connectivity index (χ1) is 17.2. The highest BCUT2D eigenvalue weighted by Crippen LogP contribution is 2.33. The van der Waals surface area contributed by atoms with Crippen LogP contribution in [-0.2, 0) is 13.0 Å². The van der Waals surface area contributed by atoms with E-state index in [-0.39, 0.29) is 11.7 Å². The van der Waals surface area contributed by atoms with E-state index in [1.807, 2.05) is 24.3 Å². The normalized spacial score (nSPS) is 19.8. The largest absolute Gasteiger partial charge is 0.454 e. The van der Waals surface area contributed by atoms with Gasteiger partial charge in [0.2, 0.25) is 12.7 Å². The molecule has 2 aliphatic heterocycles. The second-order valence-electron chi connectivity index (χ2n) is 9.34. The van der Waals surface area contributed by atoms with Crippen molar-refractivity contribution in [1.29, 1.82) is 0 Å². The van der Waals surface area contributed by atoms with E-state index in [0.717, 1.165) is 67.8 Å². The van der Waals surface area contributed by atoms with Gasteiger partial charge in [0.1, 0.15) is 0 Å². The second-order valence-corrected chi connectivity index (χ2v) is 9.34. The number of Topliss-reactive ketones (excluding diaryl/α,β-unsaturated/α-hetero) is 1. The number of carbonyl (C=O) groups is 1. The molecule has 1 aliphatic carbocycles. The van der Waals surface area contributed by atoms with Crippen molar-refractivity contribution in [1.82, 2.24) is 14.9 Å². The molecular weight excluding hydrogens is 440 g/mol. The molecule has 0 saturated carbocycles. The molecule has 6 rings (SSSR count). The Balaban J connectivity index is 1.09. The number of rotatable bonds is 5. The van der Waals surface area contributed by atoms with Crippen LogP contribution in [-0.4, -0.2) is 53.6 Å². The Morgan fingerprint density at radius 3 is 2.66 bits per heavy atom. The van der Waals surface area contributed by atoms with Crippen molar-refractivity contribution >= 4 is 17.8 Å². The maximum atomic E-state index is 12.7. The van der Waals surface area contributed by atoms with Crippen LogP contribution in [0.3, 0.4) is 0 Å². The minimum Gasteiger partial charge on any atom is -0.454 e. The third kappa shape index (κ3) is 4.77. The molecule has 1 fully saturated rings. The zero-order chi connectivity index (χ0) is 23.6. The number of hydrogen-bond donors (Lipinski definition) is 0. The minimum absolute atomic E-state index is 0.133. The third-order valence-corrected chi connectivity index (χ3v) is 6.92. The number of carbonyl (C=O) groups excluding carboxylic acids is 1. The van der Waals surface area contributed by atoms with Crippen LogP contribution in [0.25, 0.3) is 6.08 Å². The van der Waals surface area contributed by atoms with E-state index >= 15 is 0 Å². The molecule has 0 amide bonds. The molecule has 2 aromatic carbocycles. The third-order valence-electron chi connectivity index (χ3n) is 6.92. The molecule has 7 heteroatoms. The lowest BCUT2D eigenvalue weighted by Gasteiger charge is -2.35. The molecule has 1 saturated heterocycles. The molecule has 1 atom stereocenters. The summed E-state index contributed by atoms with van der Waals surface area (Å²) < 4.78 is 10.9. The fourth-order valence-electron chi connectivity index (χ4n) is 4.97. The van der Waals surface area contributed by atoms with E-state index in [0.29, 0.717) is 18.8 Å². The van der Waals surface area contributed by atoms with Crippen LogP contribution in [0.15, 0.2) is 60.8 Å². The van der Waals surface area contributed by atoms with E-state index in [2.05, 4.69) is 51.2 Å². The summed E-state index contributed by atoms with van der Waals surface area (Å²) in [4.78, 5) is 26.8. The summed E-state index contributed by atoms with van der Waals surface area (Å²) in [6.07, 6.45) is 7.26. The second kappa shape index (κ2) is 9.50. The first kappa shape index (κ1) is 21.8. The smallest absolute Gasteiger partial charge is 0.231 e. The Morgan fingerprint density at radius 2 is 1.80 bits per heavy atom. The average Bonchev–Trinajstić information content (AvgIpc) is 3.36. The van der Waals surface area contributed by atoms with E-state index in [9.17, 15) is 4.79 Å². The van der Waals surface area contributed by atoms with Gasteiger partial charge in [-0.15, -0.1) is 0 Å². The molecule has 3 heterocycles. The number of ether oxygens (including phenoxy) is 2. The Labute approximate surface area is 205 Å². The number of hydrogen-bond acceptors (Lipinski definition) is 7. The van der Waals surface area contributed by atoms with Crippen LogP contribution in [0.2, 0.25) is 0 Å². The van der Waals surface area contributed by atoms with E-state index in [4.69, 9.17) is 14.5 Å². The summed E-state index contributed by atoms with van der Waals surface area (Å²) in [6, 6.07) is 16.4. The molecule has 35 heavy (non-hydrogen) atoms. The molecular formula is C28H28N4O3. The summed E-state index contributed by atoms with van der Waals surface area (Å²) in [5, 5.41) is 0. The molecule has 178 valence electrons. The quantitative estimate of drug-likeness (QED) is 0.561. The molecule has 1 aromatic heterocycles. The summed E-state index contributed by atoms with van der Waals surface area (Å²) in [7, 11) is 0. The number of benzene rings is 2. The van der Waals surface area contributed by atoms with E-state index in [1.165, 1.54) is 5.56 Å². The zero-order valence-electron chi connectivity index (χ0n) is 19.6. The van der Waals surface area contributed by atoms with Crippen molar-refractivity contribution in [3.8, 4) is 11.5 Å². The van der Waals surface area contributed by atoms with Crippen LogP contribution in [0.5, 0.6) is 11.5 Å². The lowest BCUT2D eigenvalue weighted by molar-refractivity contribution is 0.0957. The Bertz CT molecular complexity index is 1250. The first-order valence-electron chi connectivity index (χ1n) is 12.2. The molecule has 0 bridgehead atoms. The van der Waals surface area contributed by atoms with Crippen LogP contribution in [0, 0.1) is 5.92 Å². The van der Waals surface area contributed by atoms with Crippen LogP contribution in [0.4, 0.5) is 5.95 Å². The maximum absolute atomic E-state index is 12.7. The Hall–Kier alpha value is -3.71. The SMILES string of the molecule is O=C1CC(C=Cc2ccccc2)Cc2nc(N3CCN(Cc4ccc5c(c4)OCO5)CC3)ncc21. The van der Waals surface area contributed by atoms with Gasteiger partial charge in [-0.25, -0.2) is 9.97 Å². The van der Waals surface area contributed by atoms with Crippen molar-refractivity contribution in [2.24, 2.45) is 5.92 Å². The number of fused-ring (bicyclic) bond motifs is 2. The van der Waals surface area contributed by atoms with E-state index in [1.54, 1.807) is 6.20 Å². The number of nitrogens with zero attached hydrogens (tertiary/aromatic N) is 4. The van der Waals surface area contributed by atoms with Gasteiger partial charge in [0.15, 0.2) is 17.3 Å². The van der Waals surface area contributed by atoms with Gasteiger partial charge in [-0.1, -0.05) is 48.6 Å². The van der Waals surface area contributed by atoms with Gasteiger partial charge in [-0.05, 0) is 35.6 Å². The van der Waals surface area contributed by atoms with Gasteiger partial charge in [-0.2, -0.15) is 0 Å². The van der Waals surface area contributed by atoms with Gasteiger partial charge >= 0.3 is 0 Å². The summed E-state index contributed by atoms with van der Waals surface area (Å²) in [6.45, 7) is 4.74. The number of piperazine rings is 1. The number of allylic oxidation sites excluding steroid dienone is 1. The monoisotopic (exact) mass is 468 g/mol. The van der Waals surface area contributed by atoms with Gasteiger partial charge in [-0.3, -0.25) is 9.69 Å². The zero-order valence-corrected chi connectivity index (χ0v) is 19.6. The molecule has 7 nitrogen and oxygen atoms in total. The topological polar surface area (TPSA) is 67.8 Å². The van der Waals surface area contributed by atoms with Crippen molar-refractivity contribution in [2.75, 3.05) is 37.9 Å². The van der Waals surface area contributed by atoms with Crippen molar-refractivity contribution in [3.63, 3.8) is 0 Å². The fourth-order valence-corrected chi connectivity index (χ4v) is 4.97. The maximum Gasteiger partial charge on any atom is 0.231 e. The molecule has 3 aliphatic rings. The molecule has 3 aromatic rings. The molecule has 0 radical (unpaired) electrons. The predicted octanol–water partition coefficient (Wildman–Crippen LogP) is 3.99. The van der Waals surface area contributed by atoms with Crippen LogP contribution >= 0.6 is 0 Å². The van der Waals surface area contributed by atoms with Crippen molar-refractivity contribution < 1.29 is 14.3 Å².